The highest BCUT2D eigenvalue weighted by Crippen LogP contribution is 2.49. The summed E-state index contributed by atoms with van der Waals surface area (Å²) in [6, 6.07) is 19.2. The molecule has 3 aromatic carbocycles. The van der Waals surface area contributed by atoms with E-state index < -0.39 is 24.0 Å². The Bertz CT molecular complexity index is 1370. The number of Topliss-reactive ketones (excluding diaryl/α,β-unsaturated/α-hetero) is 1. The molecule has 4 nitrogen and oxygen atoms in total. The molecule has 1 N–H and O–H groups in total. The van der Waals surface area contributed by atoms with E-state index in [4.69, 9.17) is 11.6 Å². The molecule has 0 unspecified atom stereocenters. The Balaban J connectivity index is 1.73. The number of benzene rings is 3. The van der Waals surface area contributed by atoms with E-state index in [2.05, 4.69) is 5.32 Å². The highest BCUT2D eigenvalue weighted by Gasteiger charge is 2.51. The van der Waals surface area contributed by atoms with Crippen LogP contribution in [0.5, 0.6) is 0 Å². The van der Waals surface area contributed by atoms with E-state index in [1.54, 1.807) is 60.7 Å². The number of carbonyl (C=O) groups is 2. The molecule has 0 bridgehead atoms. The molecule has 0 saturated heterocycles. The van der Waals surface area contributed by atoms with Crippen LogP contribution in [0, 0.1) is 12.8 Å². The number of carbonyl (C=O) groups excluding carboxylic acids is 2. The molecule has 0 saturated carbocycles. The number of para-hydroxylation sites is 2. The minimum absolute atomic E-state index is 0.0628. The lowest BCUT2D eigenvalue weighted by Gasteiger charge is -2.37. The maximum absolute atomic E-state index is 13.9. The van der Waals surface area contributed by atoms with Crippen molar-refractivity contribution in [3.05, 3.63) is 106 Å². The van der Waals surface area contributed by atoms with Gasteiger partial charge in [-0.05, 0) is 42.3 Å². The first-order valence-corrected chi connectivity index (χ1v) is 11.8. The zero-order valence-electron chi connectivity index (χ0n) is 19.2. The highest BCUT2D eigenvalue weighted by atomic mass is 35.5. The summed E-state index contributed by atoms with van der Waals surface area (Å²) in [6.07, 6.45) is -3.19. The minimum Gasteiger partial charge on any atom is -0.357 e. The molecule has 1 heterocycles. The van der Waals surface area contributed by atoms with Crippen molar-refractivity contribution in [2.75, 3.05) is 10.2 Å². The third kappa shape index (κ3) is 4.39. The quantitative estimate of drug-likeness (QED) is 0.405. The van der Waals surface area contributed by atoms with Crippen LogP contribution in [-0.2, 0) is 9.59 Å². The monoisotopic (exact) mass is 510 g/mol. The number of halogens is 4. The van der Waals surface area contributed by atoms with Gasteiger partial charge in [-0.3, -0.25) is 14.5 Å². The fourth-order valence-corrected chi connectivity index (χ4v) is 5.23. The second kappa shape index (κ2) is 9.13. The van der Waals surface area contributed by atoms with Gasteiger partial charge in [0.25, 0.3) is 0 Å². The number of anilines is 2. The zero-order chi connectivity index (χ0) is 25.6. The SMILES string of the molecule is Cc1ccc([C@H]2[C@@H]3C(=O)C[C@H](c4cccc(Cl)c4)C=C3Nc3ccccc3N2C(=O)C(F)(F)F)cc1. The maximum Gasteiger partial charge on any atom is 0.471 e. The Morgan fingerprint density at radius 1 is 1.00 bits per heavy atom. The van der Waals surface area contributed by atoms with E-state index >= 15 is 0 Å². The van der Waals surface area contributed by atoms with Gasteiger partial charge in [0.05, 0.1) is 23.3 Å². The predicted molar refractivity (Wildman–Crippen MR) is 133 cm³/mol. The number of allylic oxidation sites excluding steroid dienone is 1. The predicted octanol–water partition coefficient (Wildman–Crippen LogP) is 6.97. The van der Waals surface area contributed by atoms with Crippen molar-refractivity contribution in [3.63, 3.8) is 0 Å². The minimum atomic E-state index is -5.13. The molecular formula is C28H22ClF3N2O2. The summed E-state index contributed by atoms with van der Waals surface area (Å²) >= 11 is 6.17. The largest absolute Gasteiger partial charge is 0.471 e. The van der Waals surface area contributed by atoms with Crippen LogP contribution in [0.15, 0.2) is 84.6 Å². The Kier molecular flexibility index (Phi) is 6.12. The van der Waals surface area contributed by atoms with E-state index in [0.29, 0.717) is 22.0 Å². The Hall–Kier alpha value is -3.58. The topological polar surface area (TPSA) is 49.4 Å². The van der Waals surface area contributed by atoms with Crippen molar-refractivity contribution in [3.8, 4) is 0 Å². The Morgan fingerprint density at radius 3 is 2.42 bits per heavy atom. The van der Waals surface area contributed by atoms with Gasteiger partial charge in [0.1, 0.15) is 5.78 Å². The van der Waals surface area contributed by atoms with Gasteiger partial charge in [0.2, 0.25) is 0 Å². The third-order valence-electron chi connectivity index (χ3n) is 6.68. The van der Waals surface area contributed by atoms with Gasteiger partial charge in [0.15, 0.2) is 0 Å². The van der Waals surface area contributed by atoms with Gasteiger partial charge in [-0.2, -0.15) is 13.2 Å². The van der Waals surface area contributed by atoms with Crippen LogP contribution >= 0.6 is 11.6 Å². The van der Waals surface area contributed by atoms with E-state index in [-0.39, 0.29) is 23.8 Å². The molecule has 3 aromatic rings. The molecular weight excluding hydrogens is 489 g/mol. The maximum atomic E-state index is 13.9. The lowest BCUT2D eigenvalue weighted by Crippen LogP contribution is -2.47. The second-order valence-electron chi connectivity index (χ2n) is 9.10. The zero-order valence-corrected chi connectivity index (χ0v) is 20.0. The molecule has 3 atom stereocenters. The van der Waals surface area contributed by atoms with Crippen LogP contribution in [0.4, 0.5) is 24.5 Å². The molecule has 0 fully saturated rings. The van der Waals surface area contributed by atoms with Crippen molar-refractivity contribution in [1.82, 2.24) is 0 Å². The first kappa shape index (κ1) is 24.1. The van der Waals surface area contributed by atoms with Crippen molar-refractivity contribution in [2.24, 2.45) is 5.92 Å². The van der Waals surface area contributed by atoms with Gasteiger partial charge >= 0.3 is 12.1 Å². The lowest BCUT2D eigenvalue weighted by atomic mass is 9.76. The molecule has 0 radical (unpaired) electrons. The van der Waals surface area contributed by atoms with Crippen LogP contribution in [0.2, 0.25) is 5.02 Å². The Morgan fingerprint density at radius 2 is 1.72 bits per heavy atom. The summed E-state index contributed by atoms with van der Waals surface area (Å²) in [5.74, 6) is -3.61. The molecule has 36 heavy (non-hydrogen) atoms. The molecule has 5 rings (SSSR count). The summed E-state index contributed by atoms with van der Waals surface area (Å²) in [7, 11) is 0. The first-order valence-electron chi connectivity index (χ1n) is 11.5. The summed E-state index contributed by atoms with van der Waals surface area (Å²) in [5, 5.41) is 3.73. The number of hydrogen-bond donors (Lipinski definition) is 1. The van der Waals surface area contributed by atoms with Gasteiger partial charge in [0, 0.05) is 23.1 Å². The summed E-state index contributed by atoms with van der Waals surface area (Å²) in [5.41, 5.74) is 3.03. The molecule has 1 aliphatic carbocycles. The van der Waals surface area contributed by atoms with Crippen LogP contribution in [-0.4, -0.2) is 17.9 Å². The average Bonchev–Trinajstić information content (AvgIpc) is 2.98. The smallest absolute Gasteiger partial charge is 0.357 e. The van der Waals surface area contributed by atoms with Crippen LogP contribution in [0.25, 0.3) is 0 Å². The number of nitrogens with one attached hydrogen (secondary N) is 1. The average molecular weight is 511 g/mol. The molecule has 0 aromatic heterocycles. The van der Waals surface area contributed by atoms with E-state index in [0.717, 1.165) is 16.0 Å². The summed E-state index contributed by atoms with van der Waals surface area (Å²) in [4.78, 5) is 27.4. The van der Waals surface area contributed by atoms with Gasteiger partial charge < -0.3 is 5.32 Å². The van der Waals surface area contributed by atoms with E-state index in [9.17, 15) is 22.8 Å². The third-order valence-corrected chi connectivity index (χ3v) is 6.91. The number of nitrogens with zero attached hydrogens (tertiary/aromatic N) is 1. The lowest BCUT2D eigenvalue weighted by molar-refractivity contribution is -0.171. The number of hydrogen-bond acceptors (Lipinski definition) is 3. The van der Waals surface area contributed by atoms with Crippen molar-refractivity contribution in [1.29, 1.82) is 0 Å². The van der Waals surface area contributed by atoms with Crippen molar-refractivity contribution in [2.45, 2.75) is 31.5 Å². The number of amides is 1. The van der Waals surface area contributed by atoms with E-state index in [1.165, 1.54) is 6.07 Å². The molecule has 0 spiro atoms. The molecule has 8 heteroatoms. The molecule has 184 valence electrons. The number of fused-ring (bicyclic) bond motifs is 2. The highest BCUT2D eigenvalue weighted by molar-refractivity contribution is 6.30. The number of rotatable bonds is 2. The number of aryl methyl sites for hydroxylation is 1. The number of alkyl halides is 3. The van der Waals surface area contributed by atoms with Gasteiger partial charge in [-0.25, -0.2) is 0 Å². The standard InChI is InChI=1S/C28H22ClF3N2O2/c1-16-9-11-17(12-10-16)26-25-22(14-19(15-24(25)35)18-5-4-6-20(29)13-18)33-21-7-2-3-8-23(21)34(26)27(36)28(30,31)32/h2-14,19,25-26,33H,15H2,1H3/t19-,25+,26+/m1/s1. The van der Waals surface area contributed by atoms with Crippen LogP contribution in [0.3, 0.4) is 0 Å². The van der Waals surface area contributed by atoms with Gasteiger partial charge in [-0.1, -0.05) is 71.8 Å². The van der Waals surface area contributed by atoms with Gasteiger partial charge in [-0.15, -0.1) is 0 Å². The second-order valence-corrected chi connectivity index (χ2v) is 9.54. The van der Waals surface area contributed by atoms with E-state index in [1.807, 2.05) is 19.1 Å². The molecule has 1 amide bonds. The number of ketones is 1. The van der Waals surface area contributed by atoms with Crippen molar-refractivity contribution >= 4 is 34.7 Å². The summed E-state index contributed by atoms with van der Waals surface area (Å²) < 4.78 is 41.8. The molecule has 1 aliphatic heterocycles. The van der Waals surface area contributed by atoms with Crippen LogP contribution in [0.1, 0.15) is 35.1 Å². The van der Waals surface area contributed by atoms with Crippen LogP contribution < -0.4 is 10.2 Å². The van der Waals surface area contributed by atoms with Crippen molar-refractivity contribution < 1.29 is 22.8 Å². The normalized spacial score (nSPS) is 21.6. The molecule has 2 aliphatic rings. The first-order chi connectivity index (χ1) is 17.1. The fraction of sp³-hybridized carbons (Fsp3) is 0.214. The fourth-order valence-electron chi connectivity index (χ4n) is 5.03. The Labute approximate surface area is 211 Å². The summed E-state index contributed by atoms with van der Waals surface area (Å²) in [6.45, 7) is 1.86.